The molecule has 0 atom stereocenters. The third kappa shape index (κ3) is 4.38. The Morgan fingerprint density at radius 1 is 1.22 bits per heavy atom. The highest BCUT2D eigenvalue weighted by atomic mass is 35.5. The Hall–Kier alpha value is -4.38. The Morgan fingerprint density at radius 2 is 1.97 bits per heavy atom. The minimum absolute atomic E-state index is 0.0559. The number of methoxy groups -OCH3 is 1. The van der Waals surface area contributed by atoms with Crippen LogP contribution >= 0.6 is 11.6 Å². The summed E-state index contributed by atoms with van der Waals surface area (Å²) in [5, 5.41) is 19.1. The van der Waals surface area contributed by atoms with Crippen molar-refractivity contribution < 1.29 is 33.1 Å². The van der Waals surface area contributed by atoms with Crippen molar-refractivity contribution in [3.05, 3.63) is 76.4 Å². The van der Waals surface area contributed by atoms with Crippen LogP contribution < -0.4 is 15.4 Å². The van der Waals surface area contributed by atoms with Crippen LogP contribution in [0.4, 0.5) is 4.39 Å². The summed E-state index contributed by atoms with van der Waals surface area (Å²) in [6, 6.07) is 12.3. The highest BCUT2D eigenvalue weighted by Crippen LogP contribution is 2.36. The van der Waals surface area contributed by atoms with Crippen LogP contribution in [0.3, 0.4) is 0 Å². The van der Waals surface area contributed by atoms with Crippen LogP contribution in [-0.2, 0) is 11.3 Å². The van der Waals surface area contributed by atoms with E-state index in [0.29, 0.717) is 23.7 Å². The number of carboxylic acids is 1. The number of aromatic carboxylic acids is 1. The van der Waals surface area contributed by atoms with Gasteiger partial charge in [-0.3, -0.25) is 9.59 Å². The van der Waals surface area contributed by atoms with E-state index in [1.165, 1.54) is 29.9 Å². The van der Waals surface area contributed by atoms with Gasteiger partial charge in [0, 0.05) is 23.2 Å². The number of nitrogens with zero attached hydrogens (tertiary/aromatic N) is 2. The molecule has 37 heavy (non-hydrogen) atoms. The highest BCUT2D eigenvalue weighted by Gasteiger charge is 2.51. The molecular formula is C25H20ClFN4O6. The summed E-state index contributed by atoms with van der Waals surface area (Å²) >= 11 is 6.31. The number of carbonyl (C=O) groups excluding carboxylic acids is 2. The first kappa shape index (κ1) is 24.3. The van der Waals surface area contributed by atoms with E-state index >= 15 is 4.39 Å². The zero-order chi connectivity index (χ0) is 26.3. The lowest BCUT2D eigenvalue weighted by molar-refractivity contribution is -0.124. The fourth-order valence-electron chi connectivity index (χ4n) is 4.10. The Balaban J connectivity index is 1.32. The van der Waals surface area contributed by atoms with E-state index in [4.69, 9.17) is 20.9 Å². The number of amides is 2. The minimum Gasteiger partial charge on any atom is -0.479 e. The van der Waals surface area contributed by atoms with Gasteiger partial charge in [0.05, 0.1) is 23.7 Å². The maximum absolute atomic E-state index is 15.1. The number of halogens is 2. The fourth-order valence-corrected chi connectivity index (χ4v) is 4.42. The van der Waals surface area contributed by atoms with Crippen LogP contribution in [0.2, 0.25) is 5.02 Å². The predicted octanol–water partition coefficient (Wildman–Crippen LogP) is 3.70. The average molecular weight is 527 g/mol. The first-order chi connectivity index (χ1) is 17.7. The first-order valence-corrected chi connectivity index (χ1v) is 11.5. The minimum atomic E-state index is -1.25. The van der Waals surface area contributed by atoms with Crippen molar-refractivity contribution >= 4 is 40.3 Å². The van der Waals surface area contributed by atoms with Crippen molar-refractivity contribution in [2.75, 3.05) is 7.11 Å². The number of hydrogen-bond acceptors (Lipinski definition) is 6. The topological polar surface area (TPSA) is 136 Å². The van der Waals surface area contributed by atoms with Crippen LogP contribution in [-0.4, -0.2) is 45.3 Å². The van der Waals surface area contributed by atoms with E-state index in [1.807, 2.05) is 0 Å². The molecule has 12 heteroatoms. The Bertz CT molecular complexity index is 1560. The molecular weight excluding hydrogens is 507 g/mol. The third-order valence-corrected chi connectivity index (χ3v) is 6.59. The highest BCUT2D eigenvalue weighted by molar-refractivity contribution is 6.38. The largest absolute Gasteiger partial charge is 0.479 e. The molecule has 2 heterocycles. The van der Waals surface area contributed by atoms with E-state index in [2.05, 4.69) is 15.8 Å². The standard InChI is InChI=1S/C25H20ClFN4O6/c1-36-19-11-18(37-30-19)22(32)29-25(8-9-25)24(35)28-12-13-6-7-14(10-16(13)27)31-17-5-3-2-4-15(17)20(26)21(31)23(33)34/h2-7,10-11H,8-9,12H2,1H3,(H,28,35)(H,29,32)(H,33,34). The lowest BCUT2D eigenvalue weighted by Gasteiger charge is -2.17. The maximum atomic E-state index is 15.1. The number of carbonyl (C=O) groups is 3. The summed E-state index contributed by atoms with van der Waals surface area (Å²) < 4.78 is 26.2. The summed E-state index contributed by atoms with van der Waals surface area (Å²) in [6.45, 7) is -0.141. The average Bonchev–Trinajstić information content (AvgIpc) is 3.38. The zero-order valence-corrected chi connectivity index (χ0v) is 20.1. The number of rotatable bonds is 8. The molecule has 1 aliphatic carbocycles. The van der Waals surface area contributed by atoms with Gasteiger partial charge in [-0.1, -0.05) is 35.9 Å². The molecule has 1 saturated carbocycles. The molecule has 0 radical (unpaired) electrons. The van der Waals surface area contributed by atoms with Crippen molar-refractivity contribution in [3.63, 3.8) is 0 Å². The normalized spacial score (nSPS) is 13.8. The SMILES string of the molecule is COc1cc(C(=O)NC2(C(=O)NCc3ccc(-n4c(C(=O)O)c(Cl)c5ccccc54)cc3F)CC2)on1. The van der Waals surface area contributed by atoms with E-state index in [0.717, 1.165) is 0 Å². The molecule has 10 nitrogen and oxygen atoms in total. The smallest absolute Gasteiger partial charge is 0.354 e. The van der Waals surface area contributed by atoms with Gasteiger partial charge >= 0.3 is 5.97 Å². The lowest BCUT2D eigenvalue weighted by Crippen LogP contribution is -2.48. The van der Waals surface area contributed by atoms with Crippen LogP contribution in [0, 0.1) is 5.82 Å². The number of ether oxygens (including phenoxy) is 1. The van der Waals surface area contributed by atoms with Gasteiger partial charge in [0.1, 0.15) is 11.4 Å². The summed E-state index contributed by atoms with van der Waals surface area (Å²) in [5.74, 6) is -2.96. The Kier molecular flexibility index (Phi) is 6.08. The maximum Gasteiger partial charge on any atom is 0.354 e. The zero-order valence-electron chi connectivity index (χ0n) is 19.4. The predicted molar refractivity (Wildman–Crippen MR) is 130 cm³/mol. The van der Waals surface area contributed by atoms with Crippen LogP contribution in [0.5, 0.6) is 5.88 Å². The van der Waals surface area contributed by atoms with Crippen LogP contribution in [0.1, 0.15) is 39.4 Å². The van der Waals surface area contributed by atoms with E-state index in [-0.39, 0.29) is 40.2 Å². The molecule has 1 fully saturated rings. The quantitative estimate of drug-likeness (QED) is 0.318. The molecule has 1 aliphatic rings. The number of benzene rings is 2. The van der Waals surface area contributed by atoms with Gasteiger partial charge in [0.15, 0.2) is 5.69 Å². The number of hydrogen-bond donors (Lipinski definition) is 3. The van der Waals surface area contributed by atoms with Gasteiger partial charge in [0.2, 0.25) is 11.7 Å². The molecule has 2 aromatic heterocycles. The second-order valence-corrected chi connectivity index (χ2v) is 8.93. The van der Waals surface area contributed by atoms with Gasteiger partial charge in [-0.25, -0.2) is 9.18 Å². The summed E-state index contributed by atoms with van der Waals surface area (Å²) in [4.78, 5) is 37.1. The Labute approximate surface area is 213 Å². The van der Waals surface area contributed by atoms with Crippen LogP contribution in [0.15, 0.2) is 53.1 Å². The van der Waals surface area contributed by atoms with Crippen molar-refractivity contribution in [2.45, 2.75) is 24.9 Å². The number of para-hydroxylation sites is 1. The van der Waals surface area contributed by atoms with Crippen molar-refractivity contribution in [2.24, 2.45) is 0 Å². The van der Waals surface area contributed by atoms with E-state index < -0.39 is 29.1 Å². The Morgan fingerprint density at radius 3 is 2.62 bits per heavy atom. The number of carboxylic acid groups (broad SMARTS) is 1. The first-order valence-electron chi connectivity index (χ1n) is 11.2. The second-order valence-electron chi connectivity index (χ2n) is 8.55. The second kappa shape index (κ2) is 9.25. The van der Waals surface area contributed by atoms with Gasteiger partial charge in [0.25, 0.3) is 11.8 Å². The van der Waals surface area contributed by atoms with Gasteiger partial charge < -0.3 is 29.6 Å². The number of fused-ring (bicyclic) bond motifs is 1. The molecule has 0 aliphatic heterocycles. The summed E-state index contributed by atoms with van der Waals surface area (Å²) in [6.07, 6.45) is 0.827. The molecule has 0 unspecified atom stereocenters. The van der Waals surface area contributed by atoms with Gasteiger partial charge in [-0.05, 0) is 36.2 Å². The van der Waals surface area contributed by atoms with Crippen LogP contribution in [0.25, 0.3) is 16.6 Å². The van der Waals surface area contributed by atoms with E-state index in [1.54, 1.807) is 30.3 Å². The molecule has 0 spiro atoms. The lowest BCUT2D eigenvalue weighted by atomic mass is 10.1. The molecule has 4 aromatic rings. The van der Waals surface area contributed by atoms with Crippen molar-refractivity contribution in [3.8, 4) is 11.6 Å². The van der Waals surface area contributed by atoms with Crippen molar-refractivity contribution in [1.29, 1.82) is 0 Å². The third-order valence-electron chi connectivity index (χ3n) is 6.21. The molecule has 5 rings (SSSR count). The monoisotopic (exact) mass is 526 g/mol. The van der Waals surface area contributed by atoms with Gasteiger partial charge in [-0.15, -0.1) is 0 Å². The summed E-state index contributed by atoms with van der Waals surface area (Å²) in [5.41, 5.74) is -0.342. The molecule has 3 N–H and O–H groups in total. The summed E-state index contributed by atoms with van der Waals surface area (Å²) in [7, 11) is 1.38. The molecule has 0 saturated heterocycles. The fraction of sp³-hybridized carbons (Fsp3) is 0.200. The van der Waals surface area contributed by atoms with E-state index in [9.17, 15) is 19.5 Å². The van der Waals surface area contributed by atoms with Gasteiger partial charge in [-0.2, -0.15) is 0 Å². The molecule has 2 amide bonds. The number of nitrogens with one attached hydrogen (secondary N) is 2. The molecule has 2 aromatic carbocycles. The molecule has 190 valence electrons. The molecule has 0 bridgehead atoms. The number of aromatic nitrogens is 2. The van der Waals surface area contributed by atoms with Crippen molar-refractivity contribution in [1.82, 2.24) is 20.4 Å².